The summed E-state index contributed by atoms with van der Waals surface area (Å²) in [6.45, 7) is 2.12. The average Bonchev–Trinajstić information content (AvgIpc) is 2.63. The summed E-state index contributed by atoms with van der Waals surface area (Å²) in [7, 11) is 1.39. The molecule has 0 aliphatic heterocycles. The molecule has 0 bridgehead atoms. The highest BCUT2D eigenvalue weighted by Crippen LogP contribution is 2.04. The molecule has 140 valence electrons. The van der Waals surface area contributed by atoms with E-state index in [0.717, 1.165) is 32.1 Å². The summed E-state index contributed by atoms with van der Waals surface area (Å²) < 4.78 is 4.57. The first-order valence-electron chi connectivity index (χ1n) is 8.89. The highest BCUT2D eigenvalue weighted by atomic mass is 17.1. The number of hydrogen-bond donors (Lipinski definition) is 1. The molecule has 25 heavy (non-hydrogen) atoms. The van der Waals surface area contributed by atoms with E-state index in [2.05, 4.69) is 40.9 Å². The van der Waals surface area contributed by atoms with Gasteiger partial charge in [0.2, 0.25) is 0 Å². The summed E-state index contributed by atoms with van der Waals surface area (Å²) >= 11 is 0. The quantitative estimate of drug-likeness (QED) is 0.112. The van der Waals surface area contributed by atoms with Crippen molar-refractivity contribution >= 4 is 5.97 Å². The minimum absolute atomic E-state index is 0.188. The van der Waals surface area contributed by atoms with E-state index < -0.39 is 0 Å². The molecule has 0 fully saturated rings. The van der Waals surface area contributed by atoms with E-state index in [0.29, 0.717) is 12.8 Å². The van der Waals surface area contributed by atoms with Gasteiger partial charge < -0.3 is 4.74 Å². The van der Waals surface area contributed by atoms with Gasteiger partial charge in [-0.3, -0.25) is 10.1 Å². The van der Waals surface area contributed by atoms with Gasteiger partial charge in [0.25, 0.3) is 0 Å². The number of rotatable bonds is 14. The Labute approximate surface area is 152 Å². The summed E-state index contributed by atoms with van der Waals surface area (Å²) in [5.41, 5.74) is 0. The molecule has 1 N–H and O–H groups in total. The van der Waals surface area contributed by atoms with Crippen LogP contribution in [0, 0.1) is 0 Å². The third-order valence-corrected chi connectivity index (χ3v) is 3.34. The van der Waals surface area contributed by atoms with Gasteiger partial charge in [-0.2, -0.15) is 0 Å². The number of hydrogen-bond acceptors (Lipinski definition) is 4. The van der Waals surface area contributed by atoms with Crippen molar-refractivity contribution < 1.29 is 19.7 Å². The molecular formula is C21H32O4. The van der Waals surface area contributed by atoms with Crippen LogP contribution in [0.4, 0.5) is 0 Å². The standard InChI is InChI=1S/C21H32O4/c1-3-4-5-6-7-8-9-10-11-14-17-20(25-23)18-15-12-13-16-19-21(22)24-2/h4-5,7-8,10-12,14-15,17,20,23H,3,6,9,13,16,18-19H2,1-2H3/b5-4+,8-7+,11-10+,15-12+,17-14+. The molecule has 1 unspecified atom stereocenters. The second kappa shape index (κ2) is 18.4. The molecule has 0 aromatic rings. The fourth-order valence-electron chi connectivity index (χ4n) is 1.93. The molecule has 4 heteroatoms. The summed E-state index contributed by atoms with van der Waals surface area (Å²) in [4.78, 5) is 15.4. The average molecular weight is 348 g/mol. The molecule has 0 saturated carbocycles. The predicted molar refractivity (Wildman–Crippen MR) is 103 cm³/mol. The van der Waals surface area contributed by atoms with Crippen molar-refractivity contribution in [1.82, 2.24) is 0 Å². The van der Waals surface area contributed by atoms with Crippen LogP contribution in [-0.2, 0) is 14.4 Å². The van der Waals surface area contributed by atoms with Crippen LogP contribution in [0.1, 0.15) is 51.9 Å². The van der Waals surface area contributed by atoms with E-state index in [1.165, 1.54) is 7.11 Å². The Morgan fingerprint density at radius 3 is 2.40 bits per heavy atom. The fraction of sp³-hybridized carbons (Fsp3) is 0.476. The van der Waals surface area contributed by atoms with Gasteiger partial charge >= 0.3 is 5.97 Å². The molecule has 0 aromatic carbocycles. The Hall–Kier alpha value is -1.91. The van der Waals surface area contributed by atoms with E-state index in [1.54, 1.807) is 0 Å². The Bertz CT molecular complexity index is 459. The largest absolute Gasteiger partial charge is 0.469 e. The number of carbonyl (C=O) groups excluding carboxylic acids is 1. The van der Waals surface area contributed by atoms with Gasteiger partial charge in [0.15, 0.2) is 0 Å². The molecular weight excluding hydrogens is 316 g/mol. The van der Waals surface area contributed by atoms with Crippen LogP contribution < -0.4 is 0 Å². The van der Waals surface area contributed by atoms with Gasteiger partial charge in [0.05, 0.1) is 7.11 Å². The molecule has 0 rings (SSSR count). The van der Waals surface area contributed by atoms with E-state index in [-0.39, 0.29) is 12.1 Å². The Morgan fingerprint density at radius 2 is 1.72 bits per heavy atom. The monoisotopic (exact) mass is 348 g/mol. The van der Waals surface area contributed by atoms with Crippen molar-refractivity contribution in [2.75, 3.05) is 7.11 Å². The molecule has 0 radical (unpaired) electrons. The van der Waals surface area contributed by atoms with E-state index in [9.17, 15) is 4.79 Å². The Morgan fingerprint density at radius 1 is 1.00 bits per heavy atom. The first kappa shape index (κ1) is 23.1. The summed E-state index contributed by atoms with van der Waals surface area (Å²) in [5.74, 6) is -0.188. The summed E-state index contributed by atoms with van der Waals surface area (Å²) in [5, 5.41) is 8.89. The molecule has 0 aliphatic rings. The van der Waals surface area contributed by atoms with Gasteiger partial charge in [-0.1, -0.05) is 67.7 Å². The second-order valence-corrected chi connectivity index (χ2v) is 5.45. The van der Waals surface area contributed by atoms with Gasteiger partial charge in [0.1, 0.15) is 6.10 Å². The van der Waals surface area contributed by atoms with Crippen molar-refractivity contribution in [3.05, 3.63) is 60.8 Å². The maximum atomic E-state index is 10.9. The zero-order chi connectivity index (χ0) is 18.6. The highest BCUT2D eigenvalue weighted by molar-refractivity contribution is 5.69. The van der Waals surface area contributed by atoms with Crippen LogP contribution in [0.25, 0.3) is 0 Å². The molecule has 1 atom stereocenters. The van der Waals surface area contributed by atoms with Crippen LogP contribution in [0.2, 0.25) is 0 Å². The number of methoxy groups -OCH3 is 1. The topological polar surface area (TPSA) is 55.8 Å². The normalized spacial score (nSPS) is 13.9. The number of unbranched alkanes of at least 4 members (excludes halogenated alkanes) is 1. The first-order chi connectivity index (χ1) is 12.2. The highest BCUT2D eigenvalue weighted by Gasteiger charge is 2.00. The van der Waals surface area contributed by atoms with Gasteiger partial charge in [-0.05, 0) is 38.5 Å². The molecule has 0 amide bonds. The minimum Gasteiger partial charge on any atom is -0.469 e. The fourth-order valence-corrected chi connectivity index (χ4v) is 1.93. The van der Waals surface area contributed by atoms with Crippen LogP contribution >= 0.6 is 0 Å². The minimum atomic E-state index is -0.365. The van der Waals surface area contributed by atoms with Gasteiger partial charge in [-0.15, -0.1) is 0 Å². The summed E-state index contributed by atoms with van der Waals surface area (Å²) in [6, 6.07) is 0. The zero-order valence-electron chi connectivity index (χ0n) is 15.5. The van der Waals surface area contributed by atoms with Crippen LogP contribution in [0.5, 0.6) is 0 Å². The Balaban J connectivity index is 3.87. The van der Waals surface area contributed by atoms with Crippen molar-refractivity contribution in [1.29, 1.82) is 0 Å². The SMILES string of the molecule is CC/C=C/C/C=C/C/C=C/C=C/C(C/C=C/CCCC(=O)OC)OO. The van der Waals surface area contributed by atoms with E-state index in [1.807, 2.05) is 36.5 Å². The van der Waals surface area contributed by atoms with Gasteiger partial charge in [0, 0.05) is 6.42 Å². The number of ether oxygens (including phenoxy) is 1. The molecule has 0 aromatic heterocycles. The van der Waals surface area contributed by atoms with E-state index >= 15 is 0 Å². The zero-order valence-corrected chi connectivity index (χ0v) is 15.5. The van der Waals surface area contributed by atoms with E-state index in [4.69, 9.17) is 5.26 Å². The van der Waals surface area contributed by atoms with Crippen LogP contribution in [0.15, 0.2) is 60.8 Å². The molecule has 0 saturated heterocycles. The molecule has 0 aliphatic carbocycles. The lowest BCUT2D eigenvalue weighted by Gasteiger charge is -2.04. The number of allylic oxidation sites excluding steroid dienone is 8. The maximum Gasteiger partial charge on any atom is 0.305 e. The lowest BCUT2D eigenvalue weighted by atomic mass is 10.2. The smallest absolute Gasteiger partial charge is 0.305 e. The molecule has 0 heterocycles. The van der Waals surface area contributed by atoms with Crippen LogP contribution in [-0.4, -0.2) is 24.4 Å². The first-order valence-corrected chi connectivity index (χ1v) is 8.89. The second-order valence-electron chi connectivity index (χ2n) is 5.45. The third kappa shape index (κ3) is 16.7. The molecule has 4 nitrogen and oxygen atoms in total. The van der Waals surface area contributed by atoms with Crippen molar-refractivity contribution in [3.63, 3.8) is 0 Å². The molecule has 0 spiro atoms. The van der Waals surface area contributed by atoms with Crippen molar-refractivity contribution in [3.8, 4) is 0 Å². The lowest BCUT2D eigenvalue weighted by Crippen LogP contribution is -2.05. The van der Waals surface area contributed by atoms with Crippen molar-refractivity contribution in [2.24, 2.45) is 0 Å². The number of esters is 1. The van der Waals surface area contributed by atoms with Gasteiger partial charge in [-0.25, -0.2) is 4.89 Å². The van der Waals surface area contributed by atoms with Crippen molar-refractivity contribution in [2.45, 2.75) is 58.0 Å². The number of carbonyl (C=O) groups is 1. The predicted octanol–water partition coefficient (Wildman–Crippen LogP) is 5.55. The Kier molecular flexibility index (Phi) is 17.0. The maximum absolute atomic E-state index is 10.9. The third-order valence-electron chi connectivity index (χ3n) is 3.34. The summed E-state index contributed by atoms with van der Waals surface area (Å²) in [6.07, 6.45) is 25.3. The van der Waals surface area contributed by atoms with Crippen LogP contribution in [0.3, 0.4) is 0 Å². The lowest BCUT2D eigenvalue weighted by molar-refractivity contribution is -0.264.